The largest absolute Gasteiger partial charge is 0.494 e. The van der Waals surface area contributed by atoms with Gasteiger partial charge < -0.3 is 31.2 Å². The van der Waals surface area contributed by atoms with E-state index in [0.29, 0.717) is 65.7 Å². The summed E-state index contributed by atoms with van der Waals surface area (Å²) in [5, 5.41) is 3.14. The van der Waals surface area contributed by atoms with Gasteiger partial charge in [-0.15, -0.1) is 0 Å². The molecule has 2 amide bonds. The highest BCUT2D eigenvalue weighted by atomic mass is 35.5. The molecular formula is C29H30ClFN8O5. The Morgan fingerprint density at radius 2 is 1.98 bits per heavy atom. The molecule has 13 nitrogen and oxygen atoms in total. The van der Waals surface area contributed by atoms with Crippen LogP contribution in [0.5, 0.6) is 5.75 Å². The number of amides is 2. The fraction of sp³-hybridized carbons (Fsp3) is 0.276. The van der Waals surface area contributed by atoms with Crippen LogP contribution in [0.4, 0.5) is 15.9 Å². The van der Waals surface area contributed by atoms with Crippen molar-refractivity contribution in [3.05, 3.63) is 70.9 Å². The predicted octanol–water partition coefficient (Wildman–Crippen LogP) is 2.32. The Kier molecular flexibility index (Phi) is 8.94. The van der Waals surface area contributed by atoms with Gasteiger partial charge in [0.15, 0.2) is 29.3 Å². The number of imidazole rings is 1. The van der Waals surface area contributed by atoms with Crippen LogP contribution in [0.15, 0.2) is 48.9 Å². The van der Waals surface area contributed by atoms with Crippen molar-refractivity contribution in [1.82, 2.24) is 24.2 Å². The number of aryl methyl sites for hydroxylation is 1. The van der Waals surface area contributed by atoms with Crippen LogP contribution in [0.2, 0.25) is 5.02 Å². The van der Waals surface area contributed by atoms with Crippen LogP contribution in [0.25, 0.3) is 16.9 Å². The van der Waals surface area contributed by atoms with Gasteiger partial charge in [-0.1, -0.05) is 11.6 Å². The van der Waals surface area contributed by atoms with E-state index >= 15 is 0 Å². The van der Waals surface area contributed by atoms with Gasteiger partial charge in [-0.05, 0) is 42.8 Å². The van der Waals surface area contributed by atoms with E-state index < -0.39 is 23.9 Å². The zero-order valence-electron chi connectivity index (χ0n) is 23.9. The van der Waals surface area contributed by atoms with Crippen LogP contribution in [0, 0.1) is 12.7 Å². The number of methoxy groups -OCH3 is 1. The summed E-state index contributed by atoms with van der Waals surface area (Å²) in [6, 6.07) is 8.37. The maximum atomic E-state index is 14.6. The van der Waals surface area contributed by atoms with Gasteiger partial charge in [-0.25, -0.2) is 19.2 Å². The molecule has 1 aliphatic heterocycles. The molecule has 2 aromatic heterocycles. The number of primary amides is 1. The van der Waals surface area contributed by atoms with Crippen LogP contribution in [0.3, 0.4) is 0 Å². The number of nitrogens with one attached hydrogen (secondary N) is 1. The van der Waals surface area contributed by atoms with E-state index in [1.165, 1.54) is 13.2 Å². The average Bonchev–Trinajstić information content (AvgIpc) is 3.44. The van der Waals surface area contributed by atoms with Gasteiger partial charge >= 0.3 is 11.9 Å². The Morgan fingerprint density at radius 3 is 2.68 bits per heavy atom. The second-order valence-corrected chi connectivity index (χ2v) is 10.4. The number of hydrogen-bond donors (Lipinski definition) is 3. The number of nitrogens with zero attached hydrogens (tertiary/aromatic N) is 5. The van der Waals surface area contributed by atoms with Gasteiger partial charge in [0.25, 0.3) is 5.91 Å². The zero-order valence-corrected chi connectivity index (χ0v) is 24.7. The number of carbonyl (C=O) groups excluding carboxylic acids is 3. The molecule has 0 radical (unpaired) electrons. The van der Waals surface area contributed by atoms with Crippen molar-refractivity contribution in [1.29, 1.82) is 0 Å². The van der Waals surface area contributed by atoms with Crippen molar-refractivity contribution in [2.75, 3.05) is 45.2 Å². The third-order valence-electron chi connectivity index (χ3n) is 7.28. The SMILES string of the molecule is COc1ccc(-c2cnc3c(Nc4ccc(C(=O)N5CCN(CCN)C(OC(=O)C(N)=O)C5)c(C)c4)nccn23)c(Cl)c1F. The molecule has 1 unspecified atom stereocenters. The lowest BCUT2D eigenvalue weighted by Crippen LogP contribution is -2.57. The number of carbonyl (C=O) groups is 3. The van der Waals surface area contributed by atoms with Crippen molar-refractivity contribution in [3.8, 4) is 17.0 Å². The summed E-state index contributed by atoms with van der Waals surface area (Å²) >= 11 is 6.31. The van der Waals surface area contributed by atoms with Gasteiger partial charge in [0.1, 0.15) is 0 Å². The van der Waals surface area contributed by atoms with E-state index in [-0.39, 0.29) is 23.2 Å². The third-order valence-corrected chi connectivity index (χ3v) is 7.65. The molecule has 44 heavy (non-hydrogen) atoms. The first kappa shape index (κ1) is 30.7. The Balaban J connectivity index is 1.35. The van der Waals surface area contributed by atoms with Crippen LogP contribution in [-0.4, -0.2) is 88.0 Å². The number of hydrogen-bond acceptors (Lipinski definition) is 10. The molecule has 230 valence electrons. The lowest BCUT2D eigenvalue weighted by Gasteiger charge is -2.40. The maximum Gasteiger partial charge on any atom is 0.398 e. The average molecular weight is 625 g/mol. The third kappa shape index (κ3) is 6.00. The Morgan fingerprint density at radius 1 is 1.18 bits per heavy atom. The van der Waals surface area contributed by atoms with Crippen molar-refractivity contribution < 1.29 is 28.2 Å². The van der Waals surface area contributed by atoms with E-state index in [1.807, 2.05) is 0 Å². The molecule has 5 N–H and O–H groups in total. The van der Waals surface area contributed by atoms with Crippen LogP contribution in [0.1, 0.15) is 15.9 Å². The van der Waals surface area contributed by atoms with E-state index in [1.54, 1.807) is 64.0 Å². The van der Waals surface area contributed by atoms with Crippen molar-refractivity contribution in [2.24, 2.45) is 11.5 Å². The lowest BCUT2D eigenvalue weighted by molar-refractivity contribution is -0.169. The molecule has 15 heteroatoms. The first-order chi connectivity index (χ1) is 21.1. The highest BCUT2D eigenvalue weighted by Crippen LogP contribution is 2.35. The van der Waals surface area contributed by atoms with Gasteiger partial charge in [0.2, 0.25) is 0 Å². The number of aromatic nitrogens is 3. The molecule has 0 bridgehead atoms. The quantitative estimate of drug-likeness (QED) is 0.195. The zero-order chi connectivity index (χ0) is 31.5. The predicted molar refractivity (Wildman–Crippen MR) is 160 cm³/mol. The van der Waals surface area contributed by atoms with Gasteiger partial charge in [-0.2, -0.15) is 0 Å². The Hall–Kier alpha value is -4.79. The lowest BCUT2D eigenvalue weighted by atomic mass is 10.1. The van der Waals surface area contributed by atoms with Crippen LogP contribution >= 0.6 is 11.6 Å². The molecule has 2 aromatic carbocycles. The molecular weight excluding hydrogens is 595 g/mol. The highest BCUT2D eigenvalue weighted by molar-refractivity contribution is 6.33. The topological polar surface area (TPSA) is 170 Å². The summed E-state index contributed by atoms with van der Waals surface area (Å²) in [7, 11) is 1.36. The summed E-state index contributed by atoms with van der Waals surface area (Å²) in [5.74, 6) is -2.85. The fourth-order valence-electron chi connectivity index (χ4n) is 5.07. The summed E-state index contributed by atoms with van der Waals surface area (Å²) in [6.07, 6.45) is 3.98. The van der Waals surface area contributed by atoms with E-state index in [0.717, 1.165) is 0 Å². The molecule has 4 aromatic rings. The minimum atomic E-state index is -1.21. The normalized spacial score (nSPS) is 15.3. The summed E-state index contributed by atoms with van der Waals surface area (Å²) in [6.45, 7) is 3.35. The monoisotopic (exact) mass is 624 g/mol. The van der Waals surface area contributed by atoms with Gasteiger partial charge in [0.05, 0.1) is 30.6 Å². The number of halogens is 2. The number of ether oxygens (including phenoxy) is 2. The number of benzene rings is 2. The van der Waals surface area contributed by atoms with Crippen molar-refractivity contribution in [2.45, 2.75) is 13.2 Å². The van der Waals surface area contributed by atoms with E-state index in [4.69, 9.17) is 32.5 Å². The molecule has 0 saturated carbocycles. The second-order valence-electron chi connectivity index (χ2n) is 10.0. The Labute approximate surface area is 256 Å². The number of fused-ring (bicyclic) bond motifs is 1. The smallest absolute Gasteiger partial charge is 0.398 e. The van der Waals surface area contributed by atoms with E-state index in [9.17, 15) is 18.8 Å². The number of piperazine rings is 1. The van der Waals surface area contributed by atoms with Crippen LogP contribution < -0.4 is 21.5 Å². The first-order valence-corrected chi connectivity index (χ1v) is 14.0. The van der Waals surface area contributed by atoms with Crippen LogP contribution in [-0.2, 0) is 14.3 Å². The molecule has 0 spiro atoms. The standard InChI is InChI=1S/C29H30ClFN8O5/c1-16-13-17(3-4-18(16)28(41)38-12-11-37(9-7-32)22(15-38)44-29(42)25(33)40)36-26-27-35-14-20(39(27)10-8-34-26)19-5-6-21(43-2)24(31)23(19)30/h3-6,8,10,13-14,22H,7,9,11-12,15,32H2,1-2H3,(H2,33,40)(H,34,36). The number of anilines is 2. The molecule has 5 rings (SSSR count). The minimum absolute atomic E-state index is 0.0362. The second kappa shape index (κ2) is 12.8. The summed E-state index contributed by atoms with van der Waals surface area (Å²) in [4.78, 5) is 48.8. The van der Waals surface area contributed by atoms with Gasteiger partial charge in [-0.3, -0.25) is 18.9 Å². The molecule has 1 aliphatic rings. The molecule has 1 fully saturated rings. The number of rotatable bonds is 8. The van der Waals surface area contributed by atoms with Crippen molar-refractivity contribution >= 4 is 46.5 Å². The summed E-state index contributed by atoms with van der Waals surface area (Å²) in [5.41, 5.74) is 14.0. The maximum absolute atomic E-state index is 14.6. The fourth-order valence-corrected chi connectivity index (χ4v) is 5.32. The highest BCUT2D eigenvalue weighted by Gasteiger charge is 2.33. The van der Waals surface area contributed by atoms with E-state index in [2.05, 4.69) is 15.3 Å². The first-order valence-electron chi connectivity index (χ1n) is 13.6. The molecule has 1 atom stereocenters. The number of esters is 1. The van der Waals surface area contributed by atoms with Crippen molar-refractivity contribution in [3.63, 3.8) is 0 Å². The molecule has 3 heterocycles. The Bertz CT molecular complexity index is 1750. The molecule has 0 aliphatic carbocycles. The summed E-state index contributed by atoms with van der Waals surface area (Å²) < 4.78 is 26.6. The minimum Gasteiger partial charge on any atom is -0.494 e. The number of nitrogens with two attached hydrogens (primary N) is 2. The van der Waals surface area contributed by atoms with Gasteiger partial charge in [0, 0.05) is 55.4 Å². The molecule has 1 saturated heterocycles.